The van der Waals surface area contributed by atoms with Gasteiger partial charge in [-0.15, -0.1) is 0 Å². The maximum atomic E-state index is 12.8. The lowest BCUT2D eigenvalue weighted by molar-refractivity contribution is 0.0692. The Labute approximate surface area is 72.9 Å². The molecule has 5 heteroatoms. The van der Waals surface area contributed by atoms with Crippen LogP contribution in [-0.4, -0.2) is 21.3 Å². The fourth-order valence-electron chi connectivity index (χ4n) is 0.920. The fourth-order valence-corrected chi connectivity index (χ4v) is 0.920. The molecular weight excluding hydrogens is 179 g/mol. The summed E-state index contributed by atoms with van der Waals surface area (Å²) in [5, 5.41) is 26.4. The molecule has 0 heterocycles. The van der Waals surface area contributed by atoms with Gasteiger partial charge in [0.1, 0.15) is 5.56 Å². The first-order valence-corrected chi connectivity index (χ1v) is 3.39. The Morgan fingerprint density at radius 2 is 1.92 bits per heavy atom. The number of carboxylic acid groups (broad SMARTS) is 1. The van der Waals surface area contributed by atoms with Crippen LogP contribution in [0.5, 0.6) is 11.5 Å². The minimum atomic E-state index is -1.44. The van der Waals surface area contributed by atoms with Crippen LogP contribution in [0.1, 0.15) is 15.9 Å². The topological polar surface area (TPSA) is 77.8 Å². The van der Waals surface area contributed by atoms with Gasteiger partial charge < -0.3 is 15.3 Å². The van der Waals surface area contributed by atoms with Gasteiger partial charge in [0.15, 0.2) is 11.5 Å². The van der Waals surface area contributed by atoms with Crippen molar-refractivity contribution in [3.8, 4) is 11.5 Å². The lowest BCUT2D eigenvalue weighted by atomic mass is 10.1. The van der Waals surface area contributed by atoms with E-state index in [-0.39, 0.29) is 5.56 Å². The van der Waals surface area contributed by atoms with E-state index in [1.807, 2.05) is 0 Å². The summed E-state index contributed by atoms with van der Waals surface area (Å²) in [4.78, 5) is 10.4. The van der Waals surface area contributed by atoms with Crippen molar-refractivity contribution in [3.05, 3.63) is 23.0 Å². The molecule has 0 saturated heterocycles. The molecule has 0 radical (unpaired) electrons. The third-order valence-corrected chi connectivity index (χ3v) is 1.64. The van der Waals surface area contributed by atoms with E-state index in [0.29, 0.717) is 0 Å². The largest absolute Gasteiger partial charge is 0.505 e. The van der Waals surface area contributed by atoms with E-state index in [4.69, 9.17) is 15.3 Å². The van der Waals surface area contributed by atoms with Crippen LogP contribution in [0.2, 0.25) is 0 Å². The number of halogens is 1. The highest BCUT2D eigenvalue weighted by atomic mass is 19.1. The van der Waals surface area contributed by atoms with Crippen molar-refractivity contribution in [1.29, 1.82) is 0 Å². The zero-order valence-corrected chi connectivity index (χ0v) is 6.71. The number of carboxylic acids is 1. The number of aromatic carboxylic acids is 1. The summed E-state index contributed by atoms with van der Waals surface area (Å²) in [6.07, 6.45) is 0. The molecule has 0 spiro atoms. The first-order chi connectivity index (χ1) is 5.95. The van der Waals surface area contributed by atoms with Crippen molar-refractivity contribution in [2.75, 3.05) is 0 Å². The predicted octanol–water partition coefficient (Wildman–Crippen LogP) is 1.24. The fraction of sp³-hybridized carbons (Fsp3) is 0.125. The van der Waals surface area contributed by atoms with Crippen LogP contribution in [0.3, 0.4) is 0 Å². The summed E-state index contributed by atoms with van der Waals surface area (Å²) in [6, 6.07) is 0.996. The Hall–Kier alpha value is -1.78. The van der Waals surface area contributed by atoms with E-state index < -0.39 is 28.8 Å². The van der Waals surface area contributed by atoms with E-state index in [0.717, 1.165) is 6.07 Å². The smallest absolute Gasteiger partial charge is 0.339 e. The van der Waals surface area contributed by atoms with Crippen LogP contribution < -0.4 is 0 Å². The van der Waals surface area contributed by atoms with Crippen LogP contribution in [0.15, 0.2) is 6.07 Å². The van der Waals surface area contributed by atoms with Crippen molar-refractivity contribution in [2.45, 2.75) is 6.92 Å². The first kappa shape index (κ1) is 9.31. The van der Waals surface area contributed by atoms with Gasteiger partial charge in [-0.2, -0.15) is 4.39 Å². The van der Waals surface area contributed by atoms with Crippen LogP contribution in [0, 0.1) is 12.7 Å². The average Bonchev–Trinajstić information content (AvgIpc) is 2.07. The zero-order valence-electron chi connectivity index (χ0n) is 6.71. The van der Waals surface area contributed by atoms with Gasteiger partial charge in [0.2, 0.25) is 5.82 Å². The van der Waals surface area contributed by atoms with Gasteiger partial charge in [-0.1, -0.05) is 0 Å². The van der Waals surface area contributed by atoms with Crippen molar-refractivity contribution in [1.82, 2.24) is 0 Å². The highest BCUT2D eigenvalue weighted by molar-refractivity contribution is 5.91. The molecule has 0 fully saturated rings. The second-order valence-corrected chi connectivity index (χ2v) is 2.56. The van der Waals surface area contributed by atoms with Gasteiger partial charge in [-0.25, -0.2) is 4.79 Å². The van der Waals surface area contributed by atoms with E-state index in [2.05, 4.69) is 0 Å². The minimum Gasteiger partial charge on any atom is -0.505 e. The van der Waals surface area contributed by atoms with Crippen LogP contribution >= 0.6 is 0 Å². The van der Waals surface area contributed by atoms with Gasteiger partial charge >= 0.3 is 5.97 Å². The standard InChI is InChI=1S/C8H7FO4/c1-3-2-4(8(12)13)7(11)5(9)6(3)10/h2,10-11H,1H3,(H,12,13). The summed E-state index contributed by atoms with van der Waals surface area (Å²) in [7, 11) is 0. The number of aryl methyl sites for hydroxylation is 1. The molecule has 0 aliphatic carbocycles. The third kappa shape index (κ3) is 1.40. The quantitative estimate of drug-likeness (QED) is 0.616. The highest BCUT2D eigenvalue weighted by Crippen LogP contribution is 2.31. The summed E-state index contributed by atoms with van der Waals surface area (Å²) >= 11 is 0. The van der Waals surface area contributed by atoms with E-state index >= 15 is 0 Å². The molecule has 3 N–H and O–H groups in total. The van der Waals surface area contributed by atoms with Crippen molar-refractivity contribution >= 4 is 5.97 Å². The monoisotopic (exact) mass is 186 g/mol. The number of carbonyl (C=O) groups is 1. The average molecular weight is 186 g/mol. The number of hydrogen-bond donors (Lipinski definition) is 3. The number of hydrogen-bond acceptors (Lipinski definition) is 3. The molecule has 1 rings (SSSR count). The summed E-state index contributed by atoms with van der Waals surface area (Å²) in [5.41, 5.74) is -0.500. The number of rotatable bonds is 1. The van der Waals surface area contributed by atoms with Crippen molar-refractivity contribution < 1.29 is 24.5 Å². The van der Waals surface area contributed by atoms with E-state index in [1.54, 1.807) is 0 Å². The zero-order chi connectivity index (χ0) is 10.2. The number of aromatic hydroxyl groups is 2. The molecule has 0 saturated carbocycles. The second kappa shape index (κ2) is 2.93. The van der Waals surface area contributed by atoms with E-state index in [1.165, 1.54) is 6.92 Å². The normalized spacial score (nSPS) is 10.0. The Bertz CT molecular complexity index is 373. The Balaban J connectivity index is 3.50. The molecule has 0 amide bonds. The molecule has 0 bridgehead atoms. The predicted molar refractivity (Wildman–Crippen MR) is 41.4 cm³/mol. The molecule has 4 nitrogen and oxygen atoms in total. The Kier molecular flexibility index (Phi) is 2.10. The lowest BCUT2D eigenvalue weighted by Crippen LogP contribution is -1.99. The number of phenolic OH excluding ortho intramolecular Hbond substituents is 1. The maximum absolute atomic E-state index is 12.8. The minimum absolute atomic E-state index is 0.0627. The van der Waals surface area contributed by atoms with Gasteiger partial charge in [0, 0.05) is 0 Å². The molecule has 0 atom stereocenters. The molecule has 1 aromatic carbocycles. The summed E-state index contributed by atoms with van der Waals surface area (Å²) in [6.45, 7) is 1.34. The van der Waals surface area contributed by atoms with Gasteiger partial charge in [0.25, 0.3) is 0 Å². The number of benzene rings is 1. The summed E-state index contributed by atoms with van der Waals surface area (Å²) < 4.78 is 12.8. The highest BCUT2D eigenvalue weighted by Gasteiger charge is 2.19. The first-order valence-electron chi connectivity index (χ1n) is 3.39. The maximum Gasteiger partial charge on any atom is 0.339 e. The Morgan fingerprint density at radius 3 is 2.38 bits per heavy atom. The SMILES string of the molecule is Cc1cc(C(=O)O)c(O)c(F)c1O. The summed E-state index contributed by atoms with van der Waals surface area (Å²) in [5.74, 6) is -4.53. The lowest BCUT2D eigenvalue weighted by Gasteiger charge is -2.05. The van der Waals surface area contributed by atoms with Crippen molar-refractivity contribution in [3.63, 3.8) is 0 Å². The van der Waals surface area contributed by atoms with Crippen molar-refractivity contribution in [2.24, 2.45) is 0 Å². The van der Waals surface area contributed by atoms with Crippen LogP contribution in [0.25, 0.3) is 0 Å². The molecule has 0 unspecified atom stereocenters. The molecule has 1 aromatic rings. The van der Waals surface area contributed by atoms with Gasteiger partial charge in [-0.3, -0.25) is 0 Å². The Morgan fingerprint density at radius 1 is 1.38 bits per heavy atom. The molecule has 70 valence electrons. The molecular formula is C8H7FO4. The third-order valence-electron chi connectivity index (χ3n) is 1.64. The molecule has 0 aromatic heterocycles. The van der Waals surface area contributed by atoms with Gasteiger partial charge in [-0.05, 0) is 18.6 Å². The van der Waals surface area contributed by atoms with Gasteiger partial charge in [0.05, 0.1) is 0 Å². The second-order valence-electron chi connectivity index (χ2n) is 2.56. The molecule has 13 heavy (non-hydrogen) atoms. The van der Waals surface area contributed by atoms with E-state index in [9.17, 15) is 9.18 Å². The number of phenols is 2. The molecule has 0 aliphatic rings. The van der Waals surface area contributed by atoms with Crippen LogP contribution in [0.4, 0.5) is 4.39 Å². The van der Waals surface area contributed by atoms with Crippen LogP contribution in [-0.2, 0) is 0 Å². The molecule has 0 aliphatic heterocycles.